The molecule has 2 nitrogen and oxygen atoms in total. The Hall–Kier alpha value is -0.840. The highest BCUT2D eigenvalue weighted by Crippen LogP contribution is 2.38. The Morgan fingerprint density at radius 1 is 1.29 bits per heavy atom. The van der Waals surface area contributed by atoms with Crippen LogP contribution in [0.3, 0.4) is 0 Å². The number of hydrogen-bond acceptors (Lipinski definition) is 2. The second kappa shape index (κ2) is 3.08. The highest BCUT2D eigenvalue weighted by molar-refractivity contribution is 9.10. The molecule has 0 unspecified atom stereocenters. The summed E-state index contributed by atoms with van der Waals surface area (Å²) in [7, 11) is 0. The Bertz CT molecular complexity index is 379. The van der Waals surface area contributed by atoms with E-state index in [0.29, 0.717) is 0 Å². The Morgan fingerprint density at radius 2 is 1.86 bits per heavy atom. The van der Waals surface area contributed by atoms with E-state index in [1.807, 2.05) is 0 Å². The smallest absolute Gasteiger partial charge is 0.194 e. The summed E-state index contributed by atoms with van der Waals surface area (Å²) < 4.78 is 35.5. The maximum absolute atomic E-state index is 12.8. The zero-order valence-electron chi connectivity index (χ0n) is 7.31. The number of ether oxygens (including phenoxy) is 2. The molecule has 2 rings (SSSR count). The van der Waals surface area contributed by atoms with Gasteiger partial charge < -0.3 is 9.47 Å². The molecule has 0 spiro atoms. The normalized spacial score (nSPS) is 24.9. The lowest BCUT2D eigenvalue weighted by atomic mass is 10.2. The first-order chi connectivity index (χ1) is 6.48. The molecule has 0 bridgehead atoms. The van der Waals surface area contributed by atoms with Gasteiger partial charge in [0.25, 0.3) is 0 Å². The lowest BCUT2D eigenvalue weighted by Crippen LogP contribution is -2.35. The summed E-state index contributed by atoms with van der Waals surface area (Å²) in [5.74, 6) is -1.46. The van der Waals surface area contributed by atoms with Gasteiger partial charge in [-0.1, -0.05) is 0 Å². The number of fused-ring (bicyclic) bond motifs is 1. The van der Waals surface area contributed by atoms with Crippen molar-refractivity contribution in [3.05, 3.63) is 23.8 Å². The van der Waals surface area contributed by atoms with Crippen LogP contribution >= 0.6 is 15.9 Å². The highest BCUT2D eigenvalue weighted by Gasteiger charge is 2.31. The molecule has 0 fully saturated rings. The topological polar surface area (TPSA) is 18.5 Å². The minimum atomic E-state index is -0.947. The van der Waals surface area contributed by atoms with Gasteiger partial charge in [0.05, 0.1) is 0 Å². The summed E-state index contributed by atoms with van der Waals surface area (Å²) in [4.78, 5) is 0. The monoisotopic (exact) mass is 264 g/mol. The SMILES string of the molecule is C[C@@]1(Br)COc2cc(F)c(F)cc2O1. The van der Waals surface area contributed by atoms with E-state index in [2.05, 4.69) is 15.9 Å². The average molecular weight is 265 g/mol. The fraction of sp³-hybridized carbons (Fsp3) is 0.333. The van der Waals surface area contributed by atoms with Gasteiger partial charge in [-0.3, -0.25) is 0 Å². The molecule has 76 valence electrons. The Kier molecular flexibility index (Phi) is 2.14. The van der Waals surface area contributed by atoms with Crippen molar-refractivity contribution in [1.29, 1.82) is 0 Å². The van der Waals surface area contributed by atoms with E-state index in [1.165, 1.54) is 0 Å². The molecule has 1 aliphatic heterocycles. The average Bonchev–Trinajstić information content (AvgIpc) is 2.07. The summed E-state index contributed by atoms with van der Waals surface area (Å²) >= 11 is 3.24. The van der Waals surface area contributed by atoms with Crippen LogP contribution in [-0.4, -0.2) is 11.1 Å². The third kappa shape index (κ3) is 1.68. The van der Waals surface area contributed by atoms with Gasteiger partial charge in [-0.15, -0.1) is 0 Å². The van der Waals surface area contributed by atoms with Gasteiger partial charge in [-0.05, 0) is 22.9 Å². The first kappa shape index (κ1) is 9.71. The summed E-state index contributed by atoms with van der Waals surface area (Å²) in [6, 6.07) is 1.95. The van der Waals surface area contributed by atoms with E-state index >= 15 is 0 Å². The van der Waals surface area contributed by atoms with Crippen LogP contribution < -0.4 is 9.47 Å². The summed E-state index contributed by atoms with van der Waals surface area (Å²) in [6.07, 6.45) is 0. The van der Waals surface area contributed by atoms with Gasteiger partial charge in [0, 0.05) is 12.1 Å². The molecule has 14 heavy (non-hydrogen) atoms. The van der Waals surface area contributed by atoms with Crippen LogP contribution in [0.5, 0.6) is 11.5 Å². The number of halogens is 3. The molecule has 1 aliphatic rings. The van der Waals surface area contributed by atoms with Gasteiger partial charge in [0.1, 0.15) is 6.61 Å². The van der Waals surface area contributed by atoms with Crippen LogP contribution in [0.15, 0.2) is 12.1 Å². The Balaban J connectivity index is 2.43. The molecule has 1 atom stereocenters. The third-order valence-corrected chi connectivity index (χ3v) is 2.19. The third-order valence-electron chi connectivity index (χ3n) is 1.79. The van der Waals surface area contributed by atoms with Gasteiger partial charge in [0.2, 0.25) is 0 Å². The van der Waals surface area contributed by atoms with Crippen molar-refractivity contribution < 1.29 is 18.3 Å². The molecular weight excluding hydrogens is 258 g/mol. The van der Waals surface area contributed by atoms with Gasteiger partial charge >= 0.3 is 0 Å². The Morgan fingerprint density at radius 3 is 2.50 bits per heavy atom. The van der Waals surface area contributed by atoms with Gasteiger partial charge in [-0.2, -0.15) is 0 Å². The van der Waals surface area contributed by atoms with Gasteiger partial charge in [-0.25, -0.2) is 8.78 Å². The summed E-state index contributed by atoms with van der Waals surface area (Å²) in [5, 5.41) is 0. The van der Waals surface area contributed by atoms with Crippen molar-refractivity contribution in [1.82, 2.24) is 0 Å². The fourth-order valence-corrected chi connectivity index (χ4v) is 1.46. The number of benzene rings is 1. The fourth-order valence-electron chi connectivity index (χ4n) is 1.17. The second-order valence-corrected chi connectivity index (χ2v) is 4.88. The molecule has 0 amide bonds. The van der Waals surface area contributed by atoms with E-state index in [0.717, 1.165) is 12.1 Å². The Labute approximate surface area is 87.9 Å². The van der Waals surface area contributed by atoms with Crippen molar-refractivity contribution in [3.8, 4) is 11.5 Å². The molecule has 0 saturated heterocycles. The number of rotatable bonds is 0. The number of hydrogen-bond donors (Lipinski definition) is 0. The minimum Gasteiger partial charge on any atom is -0.484 e. The van der Waals surface area contributed by atoms with E-state index in [9.17, 15) is 8.78 Å². The van der Waals surface area contributed by atoms with Crippen LogP contribution in [0, 0.1) is 11.6 Å². The largest absolute Gasteiger partial charge is 0.484 e. The van der Waals surface area contributed by atoms with Crippen LogP contribution in [0.4, 0.5) is 8.78 Å². The van der Waals surface area contributed by atoms with Crippen LogP contribution in [-0.2, 0) is 0 Å². The zero-order chi connectivity index (χ0) is 10.3. The number of alkyl halides is 1. The molecule has 0 saturated carbocycles. The predicted octanol–water partition coefficient (Wildman–Crippen LogP) is 2.85. The molecule has 0 N–H and O–H groups in total. The van der Waals surface area contributed by atoms with E-state index in [-0.39, 0.29) is 18.1 Å². The van der Waals surface area contributed by atoms with Crippen molar-refractivity contribution in [2.45, 2.75) is 11.4 Å². The molecular formula is C9H7BrF2O2. The van der Waals surface area contributed by atoms with E-state index in [4.69, 9.17) is 9.47 Å². The quantitative estimate of drug-likeness (QED) is 0.671. The molecule has 5 heteroatoms. The maximum Gasteiger partial charge on any atom is 0.194 e. The molecule has 0 aromatic heterocycles. The molecule has 0 aliphatic carbocycles. The predicted molar refractivity (Wildman–Crippen MR) is 49.8 cm³/mol. The first-order valence-electron chi connectivity index (χ1n) is 3.98. The molecule has 1 aromatic carbocycles. The van der Waals surface area contributed by atoms with E-state index in [1.54, 1.807) is 6.92 Å². The van der Waals surface area contributed by atoms with Crippen molar-refractivity contribution in [2.24, 2.45) is 0 Å². The van der Waals surface area contributed by atoms with Gasteiger partial charge in [0.15, 0.2) is 27.6 Å². The first-order valence-corrected chi connectivity index (χ1v) is 4.77. The van der Waals surface area contributed by atoms with Crippen molar-refractivity contribution in [3.63, 3.8) is 0 Å². The van der Waals surface area contributed by atoms with Crippen molar-refractivity contribution >= 4 is 15.9 Å². The van der Waals surface area contributed by atoms with Crippen LogP contribution in [0.2, 0.25) is 0 Å². The molecule has 0 radical (unpaired) electrons. The summed E-state index contributed by atoms with van der Waals surface area (Å²) in [5.41, 5.74) is 0. The lowest BCUT2D eigenvalue weighted by molar-refractivity contribution is 0.0820. The molecule has 1 heterocycles. The second-order valence-electron chi connectivity index (χ2n) is 3.21. The highest BCUT2D eigenvalue weighted by atomic mass is 79.9. The lowest BCUT2D eigenvalue weighted by Gasteiger charge is -2.30. The standard InChI is InChI=1S/C9H7BrF2O2/c1-9(10)4-13-7-2-5(11)6(12)3-8(7)14-9/h2-3H,4H2,1H3/t9-/m0/s1. The van der Waals surface area contributed by atoms with Crippen molar-refractivity contribution in [2.75, 3.05) is 6.61 Å². The zero-order valence-corrected chi connectivity index (χ0v) is 8.90. The maximum atomic E-state index is 12.8. The van der Waals surface area contributed by atoms with Crippen LogP contribution in [0.25, 0.3) is 0 Å². The van der Waals surface area contributed by atoms with E-state index < -0.39 is 16.1 Å². The van der Waals surface area contributed by atoms with Crippen LogP contribution in [0.1, 0.15) is 6.92 Å². The molecule has 1 aromatic rings. The minimum absolute atomic E-state index is 0.203. The summed E-state index contributed by atoms with van der Waals surface area (Å²) in [6.45, 7) is 1.97.